The lowest BCUT2D eigenvalue weighted by molar-refractivity contribution is -0.122. The van der Waals surface area contributed by atoms with E-state index in [4.69, 9.17) is 5.11 Å². The topological polar surface area (TPSA) is 78.4 Å². The van der Waals surface area contributed by atoms with E-state index >= 15 is 0 Å². The van der Waals surface area contributed by atoms with Crippen LogP contribution in [0.5, 0.6) is 0 Å². The molecule has 1 aromatic rings. The molecule has 1 heterocycles. The number of carbonyl (C=O) groups excluding carboxylic acids is 2. The molecule has 1 saturated carbocycles. The molecule has 2 rings (SSSR count). The Kier molecular flexibility index (Phi) is 5.37. The van der Waals surface area contributed by atoms with Crippen LogP contribution in [0.25, 0.3) is 0 Å². The summed E-state index contributed by atoms with van der Waals surface area (Å²) in [5.41, 5.74) is 0. The Balaban J connectivity index is 1.87. The van der Waals surface area contributed by atoms with E-state index in [9.17, 15) is 9.59 Å². The third-order valence-corrected chi connectivity index (χ3v) is 3.94. The molecular formula is C15H18N2O3S. The molecule has 0 saturated heterocycles. The lowest BCUT2D eigenvalue weighted by atomic mass is 10.3. The molecular weight excluding hydrogens is 288 g/mol. The Morgan fingerprint density at radius 1 is 1.48 bits per heavy atom. The molecule has 1 aromatic heterocycles. The Bertz CT molecular complexity index is 581. The zero-order chi connectivity index (χ0) is 15.2. The van der Waals surface area contributed by atoms with Gasteiger partial charge in [-0.15, -0.1) is 11.3 Å². The predicted molar refractivity (Wildman–Crippen MR) is 81.0 cm³/mol. The molecule has 6 heteroatoms. The fourth-order valence-corrected chi connectivity index (χ4v) is 2.40. The Labute approximate surface area is 127 Å². The summed E-state index contributed by atoms with van der Waals surface area (Å²) in [6.45, 7) is 1.70. The molecule has 1 atom stereocenters. The van der Waals surface area contributed by atoms with Gasteiger partial charge in [-0.3, -0.25) is 9.59 Å². The number of hydrogen-bond donors (Lipinski definition) is 3. The fraction of sp³-hybridized carbons (Fsp3) is 0.467. The van der Waals surface area contributed by atoms with E-state index < -0.39 is 6.04 Å². The SMILES string of the molecule is CC(NC(=O)c1ccc(C#CCCO)s1)C(=O)NC1CC1. The third-order valence-electron chi connectivity index (χ3n) is 2.94. The quantitative estimate of drug-likeness (QED) is 0.707. The highest BCUT2D eigenvalue weighted by Gasteiger charge is 2.26. The van der Waals surface area contributed by atoms with Crippen LogP contribution >= 0.6 is 11.3 Å². The molecule has 3 N–H and O–H groups in total. The maximum absolute atomic E-state index is 12.0. The number of carbonyl (C=O) groups is 2. The van der Waals surface area contributed by atoms with Gasteiger partial charge in [0.05, 0.1) is 16.4 Å². The normalized spacial score (nSPS) is 14.8. The molecule has 2 amide bonds. The van der Waals surface area contributed by atoms with Crippen molar-refractivity contribution >= 4 is 23.2 Å². The van der Waals surface area contributed by atoms with Crippen LogP contribution in [0.4, 0.5) is 0 Å². The van der Waals surface area contributed by atoms with Gasteiger partial charge in [0.15, 0.2) is 0 Å². The summed E-state index contributed by atoms with van der Waals surface area (Å²) in [5, 5.41) is 14.2. The summed E-state index contributed by atoms with van der Waals surface area (Å²) in [4.78, 5) is 25.1. The highest BCUT2D eigenvalue weighted by Crippen LogP contribution is 2.19. The van der Waals surface area contributed by atoms with Crippen LogP contribution in [0.3, 0.4) is 0 Å². The van der Waals surface area contributed by atoms with E-state index in [1.54, 1.807) is 19.1 Å². The summed E-state index contributed by atoms with van der Waals surface area (Å²) in [7, 11) is 0. The van der Waals surface area contributed by atoms with Gasteiger partial charge in [0.1, 0.15) is 6.04 Å². The standard InChI is InChI=1S/C15H18N2O3S/c1-10(14(19)17-11-5-6-11)16-15(20)13-8-7-12(21-13)4-2-3-9-18/h7-8,10-11,18H,3,5-6,9H2,1H3,(H,16,20)(H,17,19). The number of aliphatic hydroxyl groups excluding tert-OH is 1. The van der Waals surface area contributed by atoms with Gasteiger partial charge in [-0.1, -0.05) is 11.8 Å². The zero-order valence-electron chi connectivity index (χ0n) is 11.8. The molecule has 0 aromatic carbocycles. The minimum atomic E-state index is -0.552. The number of amides is 2. The number of rotatable bonds is 5. The Morgan fingerprint density at radius 2 is 2.24 bits per heavy atom. The van der Waals surface area contributed by atoms with Crippen LogP contribution in [0.1, 0.15) is 40.7 Å². The van der Waals surface area contributed by atoms with Crippen LogP contribution in [0.15, 0.2) is 12.1 Å². The smallest absolute Gasteiger partial charge is 0.262 e. The number of nitrogens with one attached hydrogen (secondary N) is 2. The molecule has 1 fully saturated rings. The highest BCUT2D eigenvalue weighted by molar-refractivity contribution is 7.14. The Morgan fingerprint density at radius 3 is 2.90 bits per heavy atom. The van der Waals surface area contributed by atoms with E-state index in [-0.39, 0.29) is 24.5 Å². The minimum absolute atomic E-state index is 0.0271. The first-order chi connectivity index (χ1) is 10.1. The van der Waals surface area contributed by atoms with E-state index in [1.807, 2.05) is 0 Å². The molecule has 1 unspecified atom stereocenters. The molecule has 1 aliphatic carbocycles. The molecule has 1 aliphatic rings. The third kappa shape index (κ3) is 4.88. The van der Waals surface area contributed by atoms with Crippen LogP contribution in [-0.2, 0) is 4.79 Å². The fourth-order valence-electron chi connectivity index (χ4n) is 1.62. The van der Waals surface area contributed by atoms with Crippen molar-refractivity contribution in [1.29, 1.82) is 0 Å². The predicted octanol–water partition coefficient (Wildman–Crippen LogP) is 0.879. The van der Waals surface area contributed by atoms with E-state index in [0.29, 0.717) is 11.3 Å². The Hall–Kier alpha value is -1.84. The molecule has 0 spiro atoms. The van der Waals surface area contributed by atoms with Crippen molar-refractivity contribution in [3.63, 3.8) is 0 Å². The largest absolute Gasteiger partial charge is 0.395 e. The van der Waals surface area contributed by atoms with Gasteiger partial charge in [-0.2, -0.15) is 0 Å². The highest BCUT2D eigenvalue weighted by atomic mass is 32.1. The van der Waals surface area contributed by atoms with Crippen LogP contribution < -0.4 is 10.6 Å². The van der Waals surface area contributed by atoms with Crippen molar-refractivity contribution in [2.45, 2.75) is 38.3 Å². The summed E-state index contributed by atoms with van der Waals surface area (Å²) in [5.74, 6) is 5.27. The van der Waals surface area contributed by atoms with Gasteiger partial charge in [-0.05, 0) is 31.9 Å². The van der Waals surface area contributed by atoms with E-state index in [2.05, 4.69) is 22.5 Å². The average molecular weight is 306 g/mol. The second-order valence-electron chi connectivity index (χ2n) is 4.92. The van der Waals surface area contributed by atoms with Gasteiger partial charge >= 0.3 is 0 Å². The van der Waals surface area contributed by atoms with Gasteiger partial charge < -0.3 is 15.7 Å². The first-order valence-corrected chi connectivity index (χ1v) is 7.72. The van der Waals surface area contributed by atoms with Gasteiger partial charge in [0.2, 0.25) is 5.91 Å². The van der Waals surface area contributed by atoms with Crippen molar-refractivity contribution in [1.82, 2.24) is 10.6 Å². The van der Waals surface area contributed by atoms with Crippen molar-refractivity contribution in [3.05, 3.63) is 21.9 Å². The monoisotopic (exact) mass is 306 g/mol. The summed E-state index contributed by atoms with van der Waals surface area (Å²) < 4.78 is 0. The van der Waals surface area contributed by atoms with Crippen molar-refractivity contribution in [2.75, 3.05) is 6.61 Å². The van der Waals surface area contributed by atoms with E-state index in [1.165, 1.54) is 11.3 Å². The van der Waals surface area contributed by atoms with Crippen molar-refractivity contribution < 1.29 is 14.7 Å². The van der Waals surface area contributed by atoms with Crippen LogP contribution in [-0.4, -0.2) is 35.6 Å². The van der Waals surface area contributed by atoms with Gasteiger partial charge in [0, 0.05) is 12.5 Å². The van der Waals surface area contributed by atoms with Crippen LogP contribution in [0, 0.1) is 11.8 Å². The summed E-state index contributed by atoms with van der Waals surface area (Å²) in [6, 6.07) is 3.18. The van der Waals surface area contributed by atoms with E-state index in [0.717, 1.165) is 17.7 Å². The number of aliphatic hydroxyl groups is 1. The molecule has 5 nitrogen and oxygen atoms in total. The second kappa shape index (κ2) is 7.25. The first kappa shape index (κ1) is 15.5. The number of hydrogen-bond acceptors (Lipinski definition) is 4. The maximum atomic E-state index is 12.0. The van der Waals surface area contributed by atoms with Crippen LogP contribution in [0.2, 0.25) is 0 Å². The zero-order valence-corrected chi connectivity index (χ0v) is 12.6. The van der Waals surface area contributed by atoms with Crippen molar-refractivity contribution in [3.8, 4) is 11.8 Å². The van der Waals surface area contributed by atoms with Crippen molar-refractivity contribution in [2.24, 2.45) is 0 Å². The minimum Gasteiger partial charge on any atom is -0.395 e. The molecule has 112 valence electrons. The number of thiophene rings is 1. The second-order valence-corrected chi connectivity index (χ2v) is 6.00. The maximum Gasteiger partial charge on any atom is 0.262 e. The molecule has 21 heavy (non-hydrogen) atoms. The van der Waals surface area contributed by atoms with Gasteiger partial charge in [0.25, 0.3) is 5.91 Å². The molecule has 0 bridgehead atoms. The first-order valence-electron chi connectivity index (χ1n) is 6.91. The summed E-state index contributed by atoms with van der Waals surface area (Å²) >= 11 is 1.27. The molecule has 0 aliphatic heterocycles. The molecule has 0 radical (unpaired) electrons. The summed E-state index contributed by atoms with van der Waals surface area (Å²) in [6.07, 6.45) is 2.46. The van der Waals surface area contributed by atoms with Gasteiger partial charge in [-0.25, -0.2) is 0 Å². The lowest BCUT2D eigenvalue weighted by Crippen LogP contribution is -2.45. The average Bonchev–Trinajstić information content (AvgIpc) is 3.14. The lowest BCUT2D eigenvalue weighted by Gasteiger charge is -2.12.